The lowest BCUT2D eigenvalue weighted by Crippen LogP contribution is -2.41. The van der Waals surface area contributed by atoms with Crippen LogP contribution in [0.2, 0.25) is 0 Å². The predicted octanol–water partition coefficient (Wildman–Crippen LogP) is 1.36. The molecule has 0 bridgehead atoms. The van der Waals surface area contributed by atoms with Gasteiger partial charge in [-0.1, -0.05) is 13.8 Å². The van der Waals surface area contributed by atoms with Gasteiger partial charge in [0, 0.05) is 46.3 Å². The van der Waals surface area contributed by atoms with E-state index in [1.807, 2.05) is 6.92 Å². The Balaban J connectivity index is 0. The topological polar surface area (TPSA) is 74.8 Å². The first-order valence-electron chi connectivity index (χ1n) is 7.40. The highest BCUT2D eigenvalue weighted by Crippen LogP contribution is 1.93. The second-order valence-electron chi connectivity index (χ2n) is 4.99. The molecular weight excluding hydrogens is 383 g/mol. The Morgan fingerprint density at radius 1 is 1.19 bits per heavy atom. The Labute approximate surface area is 145 Å². The van der Waals surface area contributed by atoms with Gasteiger partial charge in [-0.3, -0.25) is 9.79 Å². The Bertz CT molecular complexity index is 286. The van der Waals surface area contributed by atoms with Crippen LogP contribution in [0.3, 0.4) is 0 Å². The van der Waals surface area contributed by atoms with E-state index in [2.05, 4.69) is 34.8 Å². The molecule has 0 aromatic rings. The lowest BCUT2D eigenvalue weighted by Gasteiger charge is -2.11. The van der Waals surface area contributed by atoms with Crippen molar-refractivity contribution in [3.05, 3.63) is 0 Å². The van der Waals surface area contributed by atoms with Crippen molar-refractivity contribution in [2.24, 2.45) is 10.9 Å². The van der Waals surface area contributed by atoms with Gasteiger partial charge in [0.25, 0.3) is 0 Å². The Morgan fingerprint density at radius 2 is 1.86 bits per heavy atom. The first kappa shape index (κ1) is 22.7. The molecule has 0 aliphatic rings. The van der Waals surface area contributed by atoms with Crippen molar-refractivity contribution in [1.29, 1.82) is 0 Å². The number of carbonyl (C=O) groups excluding carboxylic acids is 1. The standard InChI is InChI=1S/C14H30N4O2.HI/c1-5-15-14(18-9-8-16-13(4)19)17-7-6-10-20-11-12(2)3;/h12H,5-11H2,1-4H3,(H,16,19)(H2,15,17,18);1H. The molecule has 0 saturated carbocycles. The maximum Gasteiger partial charge on any atom is 0.216 e. The maximum atomic E-state index is 10.7. The molecule has 0 saturated heterocycles. The summed E-state index contributed by atoms with van der Waals surface area (Å²) in [6, 6.07) is 0. The second-order valence-corrected chi connectivity index (χ2v) is 4.99. The van der Waals surface area contributed by atoms with Crippen molar-refractivity contribution < 1.29 is 9.53 Å². The number of carbonyl (C=O) groups is 1. The summed E-state index contributed by atoms with van der Waals surface area (Å²) in [7, 11) is 0. The van der Waals surface area contributed by atoms with Crippen LogP contribution in [0, 0.1) is 5.92 Å². The van der Waals surface area contributed by atoms with Crippen LogP contribution in [-0.4, -0.2) is 51.3 Å². The minimum Gasteiger partial charge on any atom is -0.381 e. The summed E-state index contributed by atoms with van der Waals surface area (Å²) in [5.41, 5.74) is 0. The highest BCUT2D eigenvalue weighted by Gasteiger charge is 1.97. The molecule has 0 aromatic carbocycles. The van der Waals surface area contributed by atoms with E-state index >= 15 is 0 Å². The SMILES string of the molecule is CCNC(=NCCCOCC(C)C)NCCNC(C)=O.I. The first-order valence-corrected chi connectivity index (χ1v) is 7.40. The zero-order chi connectivity index (χ0) is 15.2. The monoisotopic (exact) mass is 414 g/mol. The van der Waals surface area contributed by atoms with E-state index in [1.165, 1.54) is 6.92 Å². The molecule has 0 aliphatic heterocycles. The Kier molecular flexibility index (Phi) is 17.1. The highest BCUT2D eigenvalue weighted by atomic mass is 127. The average Bonchev–Trinajstić information content (AvgIpc) is 2.37. The summed E-state index contributed by atoms with van der Waals surface area (Å²) in [6.45, 7) is 12.2. The van der Waals surface area contributed by atoms with Gasteiger partial charge < -0.3 is 20.7 Å². The molecule has 0 radical (unpaired) electrons. The lowest BCUT2D eigenvalue weighted by atomic mass is 10.2. The van der Waals surface area contributed by atoms with Gasteiger partial charge in [0.05, 0.1) is 0 Å². The number of guanidine groups is 1. The fourth-order valence-electron chi connectivity index (χ4n) is 1.44. The molecule has 6 nitrogen and oxygen atoms in total. The number of hydrogen-bond donors (Lipinski definition) is 3. The minimum absolute atomic E-state index is 0. The Hall–Kier alpha value is -0.570. The van der Waals surface area contributed by atoms with Crippen LogP contribution in [0.1, 0.15) is 34.1 Å². The van der Waals surface area contributed by atoms with Crippen LogP contribution in [0.4, 0.5) is 0 Å². The predicted molar refractivity (Wildman–Crippen MR) is 98.4 cm³/mol. The van der Waals surface area contributed by atoms with Crippen molar-refractivity contribution in [2.45, 2.75) is 34.1 Å². The molecule has 0 spiro atoms. The molecule has 0 aromatic heterocycles. The molecule has 7 heteroatoms. The molecule has 0 heterocycles. The largest absolute Gasteiger partial charge is 0.381 e. The summed E-state index contributed by atoms with van der Waals surface area (Å²) < 4.78 is 5.50. The molecule has 0 rings (SSSR count). The van der Waals surface area contributed by atoms with Gasteiger partial charge in [0.1, 0.15) is 0 Å². The number of nitrogens with one attached hydrogen (secondary N) is 3. The van der Waals surface area contributed by atoms with Gasteiger partial charge in [-0.15, -0.1) is 24.0 Å². The van der Waals surface area contributed by atoms with Gasteiger partial charge in [-0.25, -0.2) is 0 Å². The van der Waals surface area contributed by atoms with E-state index in [0.717, 1.165) is 38.7 Å². The van der Waals surface area contributed by atoms with Crippen LogP contribution in [0.25, 0.3) is 0 Å². The number of amides is 1. The zero-order valence-corrected chi connectivity index (χ0v) is 16.0. The third-order valence-corrected chi connectivity index (χ3v) is 2.30. The molecule has 126 valence electrons. The minimum atomic E-state index is -0.0176. The molecule has 21 heavy (non-hydrogen) atoms. The van der Waals surface area contributed by atoms with Crippen molar-refractivity contribution in [3.8, 4) is 0 Å². The summed E-state index contributed by atoms with van der Waals surface area (Å²) in [6.07, 6.45) is 0.912. The van der Waals surface area contributed by atoms with Crippen LogP contribution in [0.5, 0.6) is 0 Å². The first-order chi connectivity index (χ1) is 9.56. The van der Waals surface area contributed by atoms with Crippen molar-refractivity contribution in [1.82, 2.24) is 16.0 Å². The third kappa shape index (κ3) is 17.4. The number of rotatable bonds is 10. The van der Waals surface area contributed by atoms with Crippen LogP contribution in [-0.2, 0) is 9.53 Å². The van der Waals surface area contributed by atoms with Gasteiger partial charge in [-0.2, -0.15) is 0 Å². The van der Waals surface area contributed by atoms with E-state index in [9.17, 15) is 4.79 Å². The molecule has 0 atom stereocenters. The van der Waals surface area contributed by atoms with E-state index in [4.69, 9.17) is 4.74 Å². The summed E-state index contributed by atoms with van der Waals surface area (Å²) in [4.78, 5) is 15.2. The quantitative estimate of drug-likeness (QED) is 0.219. The molecule has 0 fully saturated rings. The molecule has 0 unspecified atom stereocenters. The van der Waals surface area contributed by atoms with E-state index in [0.29, 0.717) is 19.0 Å². The normalized spacial score (nSPS) is 11.0. The van der Waals surface area contributed by atoms with Crippen molar-refractivity contribution in [2.75, 3.05) is 39.4 Å². The Morgan fingerprint density at radius 3 is 2.43 bits per heavy atom. The van der Waals surface area contributed by atoms with Gasteiger partial charge in [0.15, 0.2) is 5.96 Å². The average molecular weight is 414 g/mol. The fraction of sp³-hybridized carbons (Fsp3) is 0.857. The van der Waals surface area contributed by atoms with E-state index in [-0.39, 0.29) is 29.9 Å². The van der Waals surface area contributed by atoms with E-state index in [1.54, 1.807) is 0 Å². The maximum absolute atomic E-state index is 10.7. The second kappa shape index (κ2) is 15.8. The molecule has 0 aliphatic carbocycles. The molecule has 1 amide bonds. The van der Waals surface area contributed by atoms with Crippen molar-refractivity contribution >= 4 is 35.8 Å². The summed E-state index contributed by atoms with van der Waals surface area (Å²) in [5.74, 6) is 1.34. The van der Waals surface area contributed by atoms with Crippen LogP contribution >= 0.6 is 24.0 Å². The smallest absolute Gasteiger partial charge is 0.216 e. The number of halogens is 1. The number of aliphatic imine (C=N–C) groups is 1. The van der Waals surface area contributed by atoms with Crippen LogP contribution in [0.15, 0.2) is 4.99 Å². The molecular formula is C14H31IN4O2. The highest BCUT2D eigenvalue weighted by molar-refractivity contribution is 14.0. The summed E-state index contributed by atoms with van der Waals surface area (Å²) >= 11 is 0. The van der Waals surface area contributed by atoms with E-state index < -0.39 is 0 Å². The van der Waals surface area contributed by atoms with Gasteiger partial charge in [-0.05, 0) is 19.3 Å². The molecule has 3 N–H and O–H groups in total. The summed E-state index contributed by atoms with van der Waals surface area (Å²) in [5, 5.41) is 9.07. The number of ether oxygens (including phenoxy) is 1. The van der Waals surface area contributed by atoms with Crippen molar-refractivity contribution in [3.63, 3.8) is 0 Å². The zero-order valence-electron chi connectivity index (χ0n) is 13.7. The number of hydrogen-bond acceptors (Lipinski definition) is 3. The fourth-order valence-corrected chi connectivity index (χ4v) is 1.44. The van der Waals surface area contributed by atoms with Crippen LogP contribution < -0.4 is 16.0 Å². The lowest BCUT2D eigenvalue weighted by molar-refractivity contribution is -0.118. The number of nitrogens with zero attached hydrogens (tertiary/aromatic N) is 1. The van der Waals surface area contributed by atoms with Gasteiger partial charge in [0.2, 0.25) is 5.91 Å². The third-order valence-electron chi connectivity index (χ3n) is 2.30. The van der Waals surface area contributed by atoms with Gasteiger partial charge >= 0.3 is 0 Å².